The van der Waals surface area contributed by atoms with Gasteiger partial charge in [-0.1, -0.05) is 27.2 Å². The van der Waals surface area contributed by atoms with Crippen molar-refractivity contribution in [3.8, 4) is 0 Å². The number of nitrogens with zero attached hydrogens (tertiary/aromatic N) is 1. The third-order valence-corrected chi connectivity index (χ3v) is 2.66. The van der Waals surface area contributed by atoms with E-state index in [1.54, 1.807) is 0 Å². The molecule has 0 heterocycles. The second-order valence-electron chi connectivity index (χ2n) is 4.65. The van der Waals surface area contributed by atoms with Crippen LogP contribution in [0.1, 0.15) is 34.1 Å². The predicted molar refractivity (Wildman–Crippen MR) is 61.2 cm³/mol. The van der Waals surface area contributed by atoms with Crippen LogP contribution in [0.25, 0.3) is 0 Å². The Kier molecular flexibility index (Phi) is 6.33. The van der Waals surface area contributed by atoms with Crippen molar-refractivity contribution in [1.82, 2.24) is 4.90 Å². The summed E-state index contributed by atoms with van der Waals surface area (Å²) in [4.78, 5) is 2.31. The van der Waals surface area contributed by atoms with Crippen molar-refractivity contribution in [2.75, 3.05) is 26.2 Å². The maximum Gasteiger partial charge on any atom is 0.0621 e. The fraction of sp³-hybridized carbons (Fsp3) is 1.00. The number of nitrogens with two attached hydrogens (primary N) is 1. The van der Waals surface area contributed by atoms with Gasteiger partial charge in [0.15, 0.2) is 0 Å². The fourth-order valence-corrected chi connectivity index (χ4v) is 1.44. The van der Waals surface area contributed by atoms with Gasteiger partial charge >= 0.3 is 0 Å². The SMILES string of the molecule is CCC(C)CN(CC)CC(C)(N)CO. The molecule has 2 atom stereocenters. The Morgan fingerprint density at radius 1 is 1.43 bits per heavy atom. The second kappa shape index (κ2) is 6.38. The second-order valence-corrected chi connectivity index (χ2v) is 4.65. The molecule has 0 bridgehead atoms. The summed E-state index contributed by atoms with van der Waals surface area (Å²) in [7, 11) is 0. The van der Waals surface area contributed by atoms with E-state index in [0.717, 1.165) is 19.6 Å². The molecule has 0 aromatic rings. The van der Waals surface area contributed by atoms with Gasteiger partial charge in [0.2, 0.25) is 0 Å². The molecule has 0 spiro atoms. The number of hydrogen-bond donors (Lipinski definition) is 2. The van der Waals surface area contributed by atoms with Crippen LogP contribution in [0.15, 0.2) is 0 Å². The zero-order valence-electron chi connectivity index (χ0n) is 10.1. The van der Waals surface area contributed by atoms with Gasteiger partial charge in [-0.25, -0.2) is 0 Å². The molecule has 3 nitrogen and oxygen atoms in total. The molecule has 0 aliphatic heterocycles. The summed E-state index contributed by atoms with van der Waals surface area (Å²) in [6.07, 6.45) is 1.19. The minimum Gasteiger partial charge on any atom is -0.394 e. The molecular weight excluding hydrogens is 176 g/mol. The van der Waals surface area contributed by atoms with Gasteiger partial charge in [-0.2, -0.15) is 0 Å². The monoisotopic (exact) mass is 202 g/mol. The number of rotatable bonds is 7. The van der Waals surface area contributed by atoms with Crippen LogP contribution >= 0.6 is 0 Å². The van der Waals surface area contributed by atoms with Gasteiger partial charge < -0.3 is 15.7 Å². The topological polar surface area (TPSA) is 49.5 Å². The minimum absolute atomic E-state index is 0.0456. The lowest BCUT2D eigenvalue weighted by Crippen LogP contribution is -2.51. The molecule has 86 valence electrons. The van der Waals surface area contributed by atoms with E-state index in [4.69, 9.17) is 10.8 Å². The summed E-state index contributed by atoms with van der Waals surface area (Å²) in [5.41, 5.74) is 5.45. The van der Waals surface area contributed by atoms with Crippen LogP contribution in [-0.2, 0) is 0 Å². The average Bonchev–Trinajstić information content (AvgIpc) is 2.16. The quantitative estimate of drug-likeness (QED) is 0.649. The van der Waals surface area contributed by atoms with Gasteiger partial charge in [-0.05, 0) is 19.4 Å². The summed E-state index contributed by atoms with van der Waals surface area (Å²) in [5, 5.41) is 9.08. The van der Waals surface area contributed by atoms with Crippen molar-refractivity contribution in [2.45, 2.75) is 39.7 Å². The first kappa shape index (κ1) is 13.9. The molecule has 0 saturated heterocycles. The highest BCUT2D eigenvalue weighted by molar-refractivity contribution is 4.81. The van der Waals surface area contributed by atoms with E-state index in [0.29, 0.717) is 5.92 Å². The van der Waals surface area contributed by atoms with Crippen molar-refractivity contribution in [2.24, 2.45) is 11.7 Å². The molecule has 2 unspecified atom stereocenters. The number of aliphatic hydroxyl groups excluding tert-OH is 1. The zero-order valence-corrected chi connectivity index (χ0v) is 10.1. The Morgan fingerprint density at radius 3 is 2.36 bits per heavy atom. The van der Waals surface area contributed by atoms with Gasteiger partial charge in [0.25, 0.3) is 0 Å². The highest BCUT2D eigenvalue weighted by Crippen LogP contribution is 2.07. The summed E-state index contributed by atoms with van der Waals surface area (Å²) in [5.74, 6) is 0.699. The lowest BCUT2D eigenvalue weighted by atomic mass is 10.0. The van der Waals surface area contributed by atoms with Crippen LogP contribution < -0.4 is 5.73 Å². The molecule has 0 amide bonds. The largest absolute Gasteiger partial charge is 0.394 e. The van der Waals surface area contributed by atoms with Crippen molar-refractivity contribution >= 4 is 0 Å². The molecule has 14 heavy (non-hydrogen) atoms. The molecule has 0 aliphatic carbocycles. The first-order chi connectivity index (χ1) is 6.45. The highest BCUT2D eigenvalue weighted by Gasteiger charge is 2.21. The Morgan fingerprint density at radius 2 is 2.00 bits per heavy atom. The maximum absolute atomic E-state index is 9.08. The Bertz CT molecular complexity index is 148. The summed E-state index contributed by atoms with van der Waals surface area (Å²) >= 11 is 0. The molecule has 0 rings (SSSR count). The van der Waals surface area contributed by atoms with E-state index in [9.17, 15) is 0 Å². The van der Waals surface area contributed by atoms with E-state index in [-0.39, 0.29) is 6.61 Å². The molecule has 0 saturated carbocycles. The lowest BCUT2D eigenvalue weighted by molar-refractivity contribution is 0.140. The van der Waals surface area contributed by atoms with Crippen molar-refractivity contribution < 1.29 is 5.11 Å². The van der Waals surface area contributed by atoms with Gasteiger partial charge in [-0.15, -0.1) is 0 Å². The third-order valence-electron chi connectivity index (χ3n) is 2.66. The maximum atomic E-state index is 9.08. The van der Waals surface area contributed by atoms with E-state index < -0.39 is 5.54 Å². The lowest BCUT2D eigenvalue weighted by Gasteiger charge is -2.31. The van der Waals surface area contributed by atoms with E-state index in [1.165, 1.54) is 6.42 Å². The molecular formula is C11H26N2O. The molecule has 0 aromatic heterocycles. The van der Waals surface area contributed by atoms with E-state index in [2.05, 4.69) is 25.7 Å². The van der Waals surface area contributed by atoms with Crippen LogP contribution in [0.4, 0.5) is 0 Å². The Hall–Kier alpha value is -0.120. The van der Waals surface area contributed by atoms with Crippen LogP contribution in [0.3, 0.4) is 0 Å². The van der Waals surface area contributed by atoms with Gasteiger partial charge in [0.05, 0.1) is 6.61 Å². The summed E-state index contributed by atoms with van der Waals surface area (Å²) in [6, 6.07) is 0. The van der Waals surface area contributed by atoms with Crippen molar-refractivity contribution in [1.29, 1.82) is 0 Å². The highest BCUT2D eigenvalue weighted by atomic mass is 16.3. The van der Waals surface area contributed by atoms with E-state index in [1.807, 2.05) is 6.92 Å². The van der Waals surface area contributed by atoms with Gasteiger partial charge in [0.1, 0.15) is 0 Å². The first-order valence-corrected chi connectivity index (χ1v) is 5.57. The van der Waals surface area contributed by atoms with Crippen LogP contribution in [0.5, 0.6) is 0 Å². The molecule has 3 heteroatoms. The third kappa shape index (κ3) is 5.58. The number of hydrogen-bond acceptors (Lipinski definition) is 3. The number of likely N-dealkylation sites (N-methyl/N-ethyl adjacent to an activating group) is 1. The van der Waals surface area contributed by atoms with Crippen molar-refractivity contribution in [3.05, 3.63) is 0 Å². The normalized spacial score (nSPS) is 18.2. The predicted octanol–water partition coefficient (Wildman–Crippen LogP) is 1.06. The van der Waals surface area contributed by atoms with Crippen molar-refractivity contribution in [3.63, 3.8) is 0 Å². The van der Waals surface area contributed by atoms with Gasteiger partial charge in [-0.3, -0.25) is 0 Å². The summed E-state index contributed by atoms with van der Waals surface area (Å²) < 4.78 is 0. The molecule has 0 radical (unpaired) electrons. The fourth-order valence-electron chi connectivity index (χ4n) is 1.44. The van der Waals surface area contributed by atoms with E-state index >= 15 is 0 Å². The average molecular weight is 202 g/mol. The molecule has 0 fully saturated rings. The van der Waals surface area contributed by atoms with Crippen LogP contribution in [0, 0.1) is 5.92 Å². The van der Waals surface area contributed by atoms with Crippen LogP contribution in [0.2, 0.25) is 0 Å². The number of aliphatic hydroxyl groups is 1. The van der Waals surface area contributed by atoms with Crippen LogP contribution in [-0.4, -0.2) is 41.8 Å². The zero-order chi connectivity index (χ0) is 11.2. The molecule has 3 N–H and O–H groups in total. The standard InChI is InChI=1S/C11H26N2O/c1-5-10(3)7-13(6-2)8-11(4,12)9-14/h10,14H,5-9,12H2,1-4H3. The Balaban J connectivity index is 4.02. The first-order valence-electron chi connectivity index (χ1n) is 5.57. The molecule has 0 aromatic carbocycles. The summed E-state index contributed by atoms with van der Waals surface area (Å²) in [6.45, 7) is 11.4. The minimum atomic E-state index is -0.469. The van der Waals surface area contributed by atoms with Gasteiger partial charge in [0, 0.05) is 18.6 Å². The smallest absolute Gasteiger partial charge is 0.0621 e. The Labute approximate surface area is 88.3 Å². The molecule has 0 aliphatic rings.